The average molecular weight is 547 g/mol. The van der Waals surface area contributed by atoms with Gasteiger partial charge in [0.25, 0.3) is 5.56 Å². The summed E-state index contributed by atoms with van der Waals surface area (Å²) in [5.74, 6) is -0.210. The summed E-state index contributed by atoms with van der Waals surface area (Å²) in [6.07, 6.45) is 3.65. The van der Waals surface area contributed by atoms with Crippen molar-refractivity contribution >= 4 is 51.2 Å². The minimum atomic E-state index is -1.50. The molecule has 3 aromatic rings. The Balaban J connectivity index is 0.00000176. The zero-order chi connectivity index (χ0) is 26.5. The lowest BCUT2D eigenvalue weighted by Gasteiger charge is -2.24. The molecule has 0 saturated heterocycles. The fraction of sp³-hybridized carbons (Fsp3) is 0.385. The van der Waals surface area contributed by atoms with Crippen molar-refractivity contribution in [2.75, 3.05) is 16.3 Å². The maximum atomic E-state index is 13.5. The first kappa shape index (κ1) is 28.0. The largest absolute Gasteiger partial charge is 0.505 e. The first-order chi connectivity index (χ1) is 17.2. The fourth-order valence-corrected chi connectivity index (χ4v) is 5.73. The standard InChI is InChI=1S/C24H28N4O3S3.C2H6/c1-5-24(2,3)10-11-28-23(30)20(22(29)21(26-28)18-7-6-12-33-18)17-14-34(31)19-13-15(27-32-4)8-9-16(19)25-17;1-2/h6-9,12-14,25,27,29H,5,10-11H2,1-4H3;1-2H3. The lowest BCUT2D eigenvalue weighted by atomic mass is 9.86. The van der Waals surface area contributed by atoms with E-state index in [1.807, 2.05) is 55.8 Å². The van der Waals surface area contributed by atoms with E-state index < -0.39 is 16.4 Å². The summed E-state index contributed by atoms with van der Waals surface area (Å²) in [6.45, 7) is 10.9. The fourth-order valence-electron chi connectivity index (χ4n) is 3.56. The molecule has 1 aliphatic rings. The number of rotatable bonds is 8. The van der Waals surface area contributed by atoms with E-state index in [-0.39, 0.29) is 16.7 Å². The second-order valence-electron chi connectivity index (χ2n) is 8.82. The van der Waals surface area contributed by atoms with Crippen LogP contribution in [0.15, 0.2) is 50.8 Å². The highest BCUT2D eigenvalue weighted by atomic mass is 32.2. The van der Waals surface area contributed by atoms with Crippen LogP contribution < -0.4 is 15.6 Å². The van der Waals surface area contributed by atoms with Crippen molar-refractivity contribution in [2.24, 2.45) is 5.41 Å². The van der Waals surface area contributed by atoms with E-state index in [1.54, 1.807) is 0 Å². The molecule has 1 unspecified atom stereocenters. The first-order valence-corrected chi connectivity index (χ1v) is 15.3. The number of nitrogens with one attached hydrogen (secondary N) is 2. The maximum Gasteiger partial charge on any atom is 0.279 e. The Morgan fingerprint density at radius 2 is 2.03 bits per heavy atom. The number of anilines is 2. The van der Waals surface area contributed by atoms with Crippen molar-refractivity contribution in [3.05, 3.63) is 57.0 Å². The molecule has 10 heteroatoms. The molecule has 0 radical (unpaired) electrons. The van der Waals surface area contributed by atoms with E-state index in [0.717, 1.165) is 23.4 Å². The number of hydrogen-bond donors (Lipinski definition) is 3. The van der Waals surface area contributed by atoms with Crippen molar-refractivity contribution in [2.45, 2.75) is 58.9 Å². The molecule has 36 heavy (non-hydrogen) atoms. The molecule has 1 aliphatic heterocycles. The predicted octanol–water partition coefficient (Wildman–Crippen LogP) is 6.75. The third-order valence-electron chi connectivity index (χ3n) is 6.02. The highest BCUT2D eigenvalue weighted by Crippen LogP contribution is 2.38. The van der Waals surface area contributed by atoms with Crippen LogP contribution in [-0.4, -0.2) is 25.4 Å². The van der Waals surface area contributed by atoms with Crippen LogP contribution in [0.3, 0.4) is 0 Å². The molecular weight excluding hydrogens is 513 g/mol. The minimum Gasteiger partial charge on any atom is -0.505 e. The molecule has 1 atom stereocenters. The molecular formula is C26H34N4O3S3. The molecule has 4 rings (SSSR count). The number of aryl methyl sites for hydroxylation is 1. The summed E-state index contributed by atoms with van der Waals surface area (Å²) in [5.41, 5.74) is 1.86. The van der Waals surface area contributed by atoms with Gasteiger partial charge in [0, 0.05) is 23.9 Å². The molecule has 0 aliphatic carbocycles. The van der Waals surface area contributed by atoms with Gasteiger partial charge >= 0.3 is 0 Å². The van der Waals surface area contributed by atoms with Gasteiger partial charge < -0.3 is 15.1 Å². The maximum absolute atomic E-state index is 13.5. The van der Waals surface area contributed by atoms with Crippen molar-refractivity contribution in [1.29, 1.82) is 0 Å². The SMILES string of the molecule is CC.CCC(C)(C)CCn1nc(-c2cccs2)c(O)c(C2=CS(=O)c3cc(NSC)ccc3N2)c1=O. The summed E-state index contributed by atoms with van der Waals surface area (Å²) in [5, 5.41) is 22.3. The van der Waals surface area contributed by atoms with Gasteiger partial charge in [-0.2, -0.15) is 5.10 Å². The average Bonchev–Trinajstić information content (AvgIpc) is 3.40. The van der Waals surface area contributed by atoms with Gasteiger partial charge in [-0.05, 0) is 41.5 Å². The van der Waals surface area contributed by atoms with E-state index >= 15 is 0 Å². The lowest BCUT2D eigenvalue weighted by Crippen LogP contribution is -2.30. The number of aromatic nitrogens is 2. The second kappa shape index (κ2) is 12.1. The third-order valence-corrected chi connectivity index (χ3v) is 8.56. The summed E-state index contributed by atoms with van der Waals surface area (Å²) >= 11 is 2.89. The van der Waals surface area contributed by atoms with E-state index in [2.05, 4.69) is 35.9 Å². The Kier molecular flexibility index (Phi) is 9.43. The van der Waals surface area contributed by atoms with Crippen LogP contribution in [0.5, 0.6) is 5.75 Å². The van der Waals surface area contributed by atoms with Crippen LogP contribution in [0, 0.1) is 5.41 Å². The van der Waals surface area contributed by atoms with Gasteiger partial charge in [-0.15, -0.1) is 11.3 Å². The van der Waals surface area contributed by atoms with Crippen molar-refractivity contribution in [3.63, 3.8) is 0 Å². The van der Waals surface area contributed by atoms with E-state index in [4.69, 9.17) is 0 Å². The quantitative estimate of drug-likeness (QED) is 0.269. The Morgan fingerprint density at radius 3 is 2.67 bits per heavy atom. The van der Waals surface area contributed by atoms with Gasteiger partial charge in [-0.3, -0.25) is 4.79 Å². The van der Waals surface area contributed by atoms with E-state index in [1.165, 1.54) is 33.4 Å². The van der Waals surface area contributed by atoms with Crippen LogP contribution in [0.4, 0.5) is 11.4 Å². The molecule has 2 aromatic heterocycles. The minimum absolute atomic E-state index is 0.0492. The normalized spacial score (nSPS) is 14.7. The topological polar surface area (TPSA) is 96.2 Å². The number of benzene rings is 1. The zero-order valence-corrected chi connectivity index (χ0v) is 24.0. The zero-order valence-electron chi connectivity index (χ0n) is 21.5. The molecule has 0 spiro atoms. The van der Waals surface area contributed by atoms with Crippen LogP contribution in [0.1, 0.15) is 53.0 Å². The van der Waals surface area contributed by atoms with Crippen LogP contribution in [0.25, 0.3) is 16.3 Å². The molecule has 0 fully saturated rings. The summed E-state index contributed by atoms with van der Waals surface area (Å²) in [6, 6.07) is 9.24. The molecule has 0 saturated carbocycles. The highest BCUT2D eigenvalue weighted by Gasteiger charge is 2.27. The van der Waals surface area contributed by atoms with E-state index in [0.29, 0.717) is 28.5 Å². The summed E-state index contributed by atoms with van der Waals surface area (Å²) in [7, 11) is -1.50. The van der Waals surface area contributed by atoms with Gasteiger partial charge in [-0.1, -0.05) is 59.1 Å². The van der Waals surface area contributed by atoms with Gasteiger partial charge in [-0.25, -0.2) is 8.89 Å². The van der Waals surface area contributed by atoms with Gasteiger partial charge in [0.1, 0.15) is 11.3 Å². The molecule has 3 heterocycles. The van der Waals surface area contributed by atoms with Crippen molar-refractivity contribution in [3.8, 4) is 16.3 Å². The van der Waals surface area contributed by atoms with E-state index in [9.17, 15) is 14.1 Å². The third kappa shape index (κ3) is 6.04. The van der Waals surface area contributed by atoms with Gasteiger partial charge in [0.05, 0.1) is 32.0 Å². The number of thiophene rings is 1. The predicted molar refractivity (Wildman–Crippen MR) is 155 cm³/mol. The van der Waals surface area contributed by atoms with Crippen LogP contribution in [-0.2, 0) is 17.3 Å². The highest BCUT2D eigenvalue weighted by molar-refractivity contribution is 7.99. The summed E-state index contributed by atoms with van der Waals surface area (Å²) in [4.78, 5) is 14.9. The molecule has 1 aromatic carbocycles. The van der Waals surface area contributed by atoms with Crippen molar-refractivity contribution in [1.82, 2.24) is 9.78 Å². The second-order valence-corrected chi connectivity index (χ2v) is 11.6. The molecule has 0 amide bonds. The number of aromatic hydroxyl groups is 1. The number of hydrogen-bond acceptors (Lipinski definition) is 8. The van der Waals surface area contributed by atoms with Gasteiger partial charge in [0.15, 0.2) is 5.75 Å². The van der Waals surface area contributed by atoms with Gasteiger partial charge in [0.2, 0.25) is 0 Å². The Hall–Kier alpha value is -2.56. The number of nitrogens with zero attached hydrogens (tertiary/aromatic N) is 2. The Morgan fingerprint density at radius 1 is 1.28 bits per heavy atom. The monoisotopic (exact) mass is 546 g/mol. The Labute approximate surface area is 223 Å². The van der Waals surface area contributed by atoms with Crippen LogP contribution in [0.2, 0.25) is 0 Å². The Bertz CT molecular complexity index is 1310. The molecule has 7 nitrogen and oxygen atoms in total. The molecule has 0 bridgehead atoms. The lowest BCUT2D eigenvalue weighted by molar-refractivity contribution is 0.291. The molecule has 194 valence electrons. The van der Waals surface area contributed by atoms with Crippen LogP contribution >= 0.6 is 23.3 Å². The van der Waals surface area contributed by atoms with Crippen molar-refractivity contribution < 1.29 is 9.32 Å². The smallest absolute Gasteiger partial charge is 0.279 e. The number of fused-ring (bicyclic) bond motifs is 1. The molecule has 3 N–H and O–H groups in total. The first-order valence-electron chi connectivity index (χ1n) is 11.9. The summed E-state index contributed by atoms with van der Waals surface area (Å²) < 4.78 is 17.7.